The van der Waals surface area contributed by atoms with E-state index in [9.17, 15) is 18.3 Å². The van der Waals surface area contributed by atoms with Crippen LogP contribution in [0.2, 0.25) is 0 Å². The predicted octanol–water partition coefficient (Wildman–Crippen LogP) is 1.22. The van der Waals surface area contributed by atoms with Crippen molar-refractivity contribution in [2.24, 2.45) is 11.3 Å². The van der Waals surface area contributed by atoms with E-state index in [0.29, 0.717) is 31.8 Å². The lowest BCUT2D eigenvalue weighted by atomic mass is 9.71. The third-order valence-corrected chi connectivity index (χ3v) is 5.49. The first-order valence-electron chi connectivity index (χ1n) is 7.01. The Morgan fingerprint density at radius 2 is 2.00 bits per heavy atom. The van der Waals surface area contributed by atoms with Crippen LogP contribution >= 0.6 is 0 Å². The third kappa shape index (κ3) is 5.03. The third-order valence-electron chi connectivity index (χ3n) is 4.08. The van der Waals surface area contributed by atoms with Gasteiger partial charge in [0.2, 0.25) is 10.0 Å². The van der Waals surface area contributed by atoms with Crippen LogP contribution in [0.4, 0.5) is 0 Å². The summed E-state index contributed by atoms with van der Waals surface area (Å²) in [6.45, 7) is 2.47. The van der Waals surface area contributed by atoms with Gasteiger partial charge in [-0.25, -0.2) is 13.1 Å². The number of aliphatic carboxylic acids is 1. The van der Waals surface area contributed by atoms with Gasteiger partial charge in [-0.2, -0.15) is 0 Å². The molecule has 1 fully saturated rings. The monoisotopic (exact) mass is 307 g/mol. The van der Waals surface area contributed by atoms with Crippen LogP contribution in [-0.2, 0) is 19.6 Å². The van der Waals surface area contributed by atoms with Gasteiger partial charge in [-0.05, 0) is 38.0 Å². The van der Waals surface area contributed by atoms with E-state index in [-0.39, 0.29) is 12.3 Å². The van der Waals surface area contributed by atoms with Crippen molar-refractivity contribution in [3.63, 3.8) is 0 Å². The molecule has 1 aliphatic carbocycles. The standard InChI is InChI=1S/C13H25NO5S/c1-11-4-6-13(7-5-11,12(15)16)10-14-20(17,18)9-3-8-19-2/h11,14H,3-10H2,1-2H3,(H,15,16). The summed E-state index contributed by atoms with van der Waals surface area (Å²) in [5.74, 6) is -0.419. The van der Waals surface area contributed by atoms with E-state index in [1.165, 1.54) is 7.11 Å². The van der Waals surface area contributed by atoms with E-state index in [2.05, 4.69) is 11.6 Å². The molecule has 0 unspecified atom stereocenters. The Morgan fingerprint density at radius 3 is 2.50 bits per heavy atom. The van der Waals surface area contributed by atoms with Crippen molar-refractivity contribution in [2.45, 2.75) is 39.0 Å². The minimum atomic E-state index is -3.43. The molecule has 0 aromatic carbocycles. The number of carboxylic acid groups (broad SMARTS) is 1. The smallest absolute Gasteiger partial charge is 0.310 e. The second-order valence-corrected chi connectivity index (χ2v) is 7.68. The molecule has 1 saturated carbocycles. The number of hydrogen-bond acceptors (Lipinski definition) is 4. The second kappa shape index (κ2) is 7.38. The topological polar surface area (TPSA) is 92.7 Å². The van der Waals surface area contributed by atoms with E-state index >= 15 is 0 Å². The van der Waals surface area contributed by atoms with Gasteiger partial charge in [-0.15, -0.1) is 0 Å². The number of carboxylic acids is 1. The Labute approximate surface area is 120 Å². The van der Waals surface area contributed by atoms with Crippen molar-refractivity contribution in [3.05, 3.63) is 0 Å². The van der Waals surface area contributed by atoms with Gasteiger partial charge in [0.15, 0.2) is 0 Å². The van der Waals surface area contributed by atoms with E-state index in [0.717, 1.165) is 12.8 Å². The molecule has 7 heteroatoms. The fourth-order valence-electron chi connectivity index (χ4n) is 2.49. The number of rotatable bonds is 8. The first kappa shape index (κ1) is 17.4. The molecule has 0 saturated heterocycles. The Morgan fingerprint density at radius 1 is 1.40 bits per heavy atom. The summed E-state index contributed by atoms with van der Waals surface area (Å²) in [7, 11) is -1.92. The Kier molecular flexibility index (Phi) is 6.42. The number of nitrogens with one attached hydrogen (secondary N) is 1. The van der Waals surface area contributed by atoms with Crippen molar-refractivity contribution in [3.8, 4) is 0 Å². The molecule has 0 amide bonds. The number of carbonyl (C=O) groups is 1. The summed E-state index contributed by atoms with van der Waals surface area (Å²) in [5.41, 5.74) is -0.944. The maximum absolute atomic E-state index is 11.8. The van der Waals surface area contributed by atoms with Gasteiger partial charge in [0.25, 0.3) is 0 Å². The van der Waals surface area contributed by atoms with Crippen LogP contribution in [0, 0.1) is 11.3 Å². The zero-order chi connectivity index (χ0) is 15.2. The SMILES string of the molecule is COCCCS(=O)(=O)NCC1(C(=O)O)CCC(C)CC1. The molecule has 0 bridgehead atoms. The lowest BCUT2D eigenvalue weighted by Gasteiger charge is -2.35. The van der Waals surface area contributed by atoms with Gasteiger partial charge in [-0.3, -0.25) is 4.79 Å². The van der Waals surface area contributed by atoms with E-state index < -0.39 is 21.4 Å². The number of methoxy groups -OCH3 is 1. The molecule has 0 spiro atoms. The maximum Gasteiger partial charge on any atom is 0.310 e. The summed E-state index contributed by atoms with van der Waals surface area (Å²) >= 11 is 0. The average Bonchev–Trinajstić information content (AvgIpc) is 2.38. The van der Waals surface area contributed by atoms with E-state index in [1.54, 1.807) is 0 Å². The van der Waals surface area contributed by atoms with Crippen molar-refractivity contribution < 1.29 is 23.1 Å². The summed E-state index contributed by atoms with van der Waals surface area (Å²) in [6, 6.07) is 0. The van der Waals surface area contributed by atoms with Crippen molar-refractivity contribution in [1.29, 1.82) is 0 Å². The normalized spacial score (nSPS) is 27.4. The fraction of sp³-hybridized carbons (Fsp3) is 0.923. The highest BCUT2D eigenvalue weighted by Gasteiger charge is 2.41. The highest BCUT2D eigenvalue weighted by atomic mass is 32.2. The Balaban J connectivity index is 2.57. The molecule has 1 aliphatic rings. The van der Waals surface area contributed by atoms with E-state index in [1.807, 2.05) is 0 Å². The fourth-order valence-corrected chi connectivity index (χ4v) is 3.63. The highest BCUT2D eigenvalue weighted by molar-refractivity contribution is 7.89. The van der Waals surface area contributed by atoms with Crippen LogP contribution in [-0.4, -0.2) is 45.5 Å². The molecule has 2 N–H and O–H groups in total. The van der Waals surface area contributed by atoms with Gasteiger partial charge >= 0.3 is 5.97 Å². The molecule has 0 atom stereocenters. The first-order valence-corrected chi connectivity index (χ1v) is 8.66. The van der Waals surface area contributed by atoms with Crippen LogP contribution < -0.4 is 4.72 Å². The van der Waals surface area contributed by atoms with E-state index in [4.69, 9.17) is 4.74 Å². The molecule has 0 heterocycles. The van der Waals surface area contributed by atoms with Gasteiger partial charge in [0.1, 0.15) is 0 Å². The van der Waals surface area contributed by atoms with Crippen molar-refractivity contribution >= 4 is 16.0 Å². The zero-order valence-corrected chi connectivity index (χ0v) is 13.0. The molecule has 118 valence electrons. The van der Waals surface area contributed by atoms with Crippen LogP contribution in [0.25, 0.3) is 0 Å². The second-order valence-electron chi connectivity index (χ2n) is 5.75. The van der Waals surface area contributed by atoms with Gasteiger partial charge in [-0.1, -0.05) is 6.92 Å². The summed E-state index contributed by atoms with van der Waals surface area (Å²) in [4.78, 5) is 11.5. The van der Waals surface area contributed by atoms with Crippen LogP contribution in [0.15, 0.2) is 0 Å². The molecular weight excluding hydrogens is 282 g/mol. The molecule has 0 aromatic heterocycles. The first-order chi connectivity index (χ1) is 9.31. The maximum atomic E-state index is 11.8. The molecule has 20 heavy (non-hydrogen) atoms. The quantitative estimate of drug-likeness (QED) is 0.658. The average molecular weight is 307 g/mol. The van der Waals surface area contributed by atoms with Crippen LogP contribution in [0.3, 0.4) is 0 Å². The number of sulfonamides is 1. The van der Waals surface area contributed by atoms with Gasteiger partial charge in [0.05, 0.1) is 11.2 Å². The van der Waals surface area contributed by atoms with Crippen molar-refractivity contribution in [1.82, 2.24) is 4.72 Å². The van der Waals surface area contributed by atoms with Crippen molar-refractivity contribution in [2.75, 3.05) is 26.0 Å². The lowest BCUT2D eigenvalue weighted by molar-refractivity contribution is -0.151. The lowest BCUT2D eigenvalue weighted by Crippen LogP contribution is -2.45. The number of ether oxygens (including phenoxy) is 1. The predicted molar refractivity (Wildman–Crippen MR) is 76.0 cm³/mol. The molecule has 0 aliphatic heterocycles. The van der Waals surface area contributed by atoms with Gasteiger partial charge < -0.3 is 9.84 Å². The molecule has 6 nitrogen and oxygen atoms in total. The largest absolute Gasteiger partial charge is 0.481 e. The molecule has 0 aromatic rings. The van der Waals surface area contributed by atoms with Crippen LogP contribution in [0.5, 0.6) is 0 Å². The minimum absolute atomic E-state index is 0.00955. The Bertz CT molecular complexity index is 412. The Hall–Kier alpha value is -0.660. The van der Waals surface area contributed by atoms with Crippen LogP contribution in [0.1, 0.15) is 39.0 Å². The summed E-state index contributed by atoms with van der Waals surface area (Å²) in [6.07, 6.45) is 3.13. The summed E-state index contributed by atoms with van der Waals surface area (Å²) in [5, 5.41) is 9.43. The number of hydrogen-bond donors (Lipinski definition) is 2. The minimum Gasteiger partial charge on any atom is -0.481 e. The van der Waals surface area contributed by atoms with Gasteiger partial charge in [0, 0.05) is 20.3 Å². The molecule has 1 rings (SSSR count). The summed E-state index contributed by atoms with van der Waals surface area (Å²) < 4.78 is 30.9. The highest BCUT2D eigenvalue weighted by Crippen LogP contribution is 2.38. The molecular formula is C13H25NO5S. The zero-order valence-electron chi connectivity index (χ0n) is 12.2. The molecule has 0 radical (unpaired) electrons.